The van der Waals surface area contributed by atoms with Crippen LogP contribution >= 0.6 is 0 Å². The van der Waals surface area contributed by atoms with Crippen LogP contribution in [0.3, 0.4) is 0 Å². The van der Waals surface area contributed by atoms with Crippen LogP contribution < -0.4 is 10.9 Å². The average molecular weight is 160 g/mol. The summed E-state index contributed by atoms with van der Waals surface area (Å²) < 4.78 is 4.78. The molecule has 0 aromatic heterocycles. The number of esters is 1. The molecule has 0 amide bonds. The largest absolute Gasteiger partial charge is 0.465 e. The van der Waals surface area contributed by atoms with E-state index in [9.17, 15) is 4.79 Å². The van der Waals surface area contributed by atoms with Crippen molar-refractivity contribution in [1.82, 2.24) is 10.9 Å². The Labute approximate surface area is 65.4 Å². The summed E-state index contributed by atoms with van der Waals surface area (Å²) in [5.41, 5.74) is 5.68. The zero-order valence-corrected chi connectivity index (χ0v) is 6.42. The second-order valence-corrected chi connectivity index (χ2v) is 2.16. The molecule has 1 fully saturated rings. The molecule has 1 saturated heterocycles. The number of carbonyl (C=O) groups is 1. The van der Waals surface area contributed by atoms with Crippen LogP contribution in [0.15, 0.2) is 0 Å². The van der Waals surface area contributed by atoms with E-state index in [0.29, 0.717) is 6.61 Å². The SMILES string of the molecule is CCOC(=O)C1CCNN1.[O]. The van der Waals surface area contributed by atoms with Gasteiger partial charge in [-0.2, -0.15) is 0 Å². The molecule has 0 aromatic carbocycles. The third-order valence-corrected chi connectivity index (χ3v) is 1.41. The first-order valence-corrected chi connectivity index (χ1v) is 3.49. The summed E-state index contributed by atoms with van der Waals surface area (Å²) in [5.74, 6) is -0.160. The van der Waals surface area contributed by atoms with E-state index < -0.39 is 0 Å². The van der Waals surface area contributed by atoms with Gasteiger partial charge in [0.05, 0.1) is 6.61 Å². The van der Waals surface area contributed by atoms with Crippen molar-refractivity contribution >= 4 is 5.97 Å². The number of rotatable bonds is 2. The molecule has 1 rings (SSSR count). The molecular weight excluding hydrogens is 148 g/mol. The van der Waals surface area contributed by atoms with Crippen molar-refractivity contribution in [1.29, 1.82) is 0 Å². The standard InChI is InChI=1S/C6H12N2O2.O/c1-2-10-6(9)5-3-4-7-8-5;/h5,7-8H,2-4H2,1H3;. The zero-order valence-electron chi connectivity index (χ0n) is 6.42. The van der Waals surface area contributed by atoms with Crippen LogP contribution in [-0.2, 0) is 15.0 Å². The Hall–Kier alpha value is -0.650. The molecule has 2 radical (unpaired) electrons. The molecule has 2 N–H and O–H groups in total. The van der Waals surface area contributed by atoms with Crippen molar-refractivity contribution in [3.8, 4) is 0 Å². The molecule has 0 saturated carbocycles. The smallest absolute Gasteiger partial charge is 0.324 e. The van der Waals surface area contributed by atoms with Gasteiger partial charge in [0, 0.05) is 12.0 Å². The second kappa shape index (κ2) is 5.06. The number of carbonyl (C=O) groups excluding carboxylic acids is 1. The minimum atomic E-state index is -0.160. The van der Waals surface area contributed by atoms with Gasteiger partial charge in [0.25, 0.3) is 0 Å². The number of hydrogen-bond acceptors (Lipinski definition) is 4. The molecule has 0 aromatic rings. The maximum atomic E-state index is 10.9. The van der Waals surface area contributed by atoms with Gasteiger partial charge >= 0.3 is 5.97 Å². The highest BCUT2D eigenvalue weighted by atomic mass is 16.5. The summed E-state index contributed by atoms with van der Waals surface area (Å²) in [6, 6.07) is -0.139. The van der Waals surface area contributed by atoms with Gasteiger partial charge in [0.15, 0.2) is 0 Å². The van der Waals surface area contributed by atoms with Gasteiger partial charge in [-0.3, -0.25) is 10.2 Å². The second-order valence-electron chi connectivity index (χ2n) is 2.16. The quantitative estimate of drug-likeness (QED) is 0.523. The van der Waals surface area contributed by atoms with Gasteiger partial charge in [0.2, 0.25) is 0 Å². The minimum Gasteiger partial charge on any atom is -0.465 e. The molecule has 11 heavy (non-hydrogen) atoms. The summed E-state index contributed by atoms with van der Waals surface area (Å²) in [6.07, 6.45) is 0.818. The topological polar surface area (TPSA) is 78.9 Å². The highest BCUT2D eigenvalue weighted by Gasteiger charge is 2.22. The molecule has 0 bridgehead atoms. The van der Waals surface area contributed by atoms with Gasteiger partial charge in [-0.15, -0.1) is 0 Å². The minimum absolute atomic E-state index is 0. The molecule has 1 aliphatic rings. The summed E-state index contributed by atoms with van der Waals surface area (Å²) >= 11 is 0. The van der Waals surface area contributed by atoms with Gasteiger partial charge < -0.3 is 4.74 Å². The Morgan fingerprint density at radius 3 is 2.91 bits per heavy atom. The monoisotopic (exact) mass is 160 g/mol. The molecule has 1 unspecified atom stereocenters. The van der Waals surface area contributed by atoms with E-state index in [4.69, 9.17) is 4.74 Å². The molecule has 1 atom stereocenters. The number of hydrogen-bond donors (Lipinski definition) is 2. The third kappa shape index (κ3) is 2.83. The fourth-order valence-electron chi connectivity index (χ4n) is 0.904. The predicted molar refractivity (Wildman–Crippen MR) is 36.9 cm³/mol. The van der Waals surface area contributed by atoms with E-state index in [1.54, 1.807) is 6.92 Å². The lowest BCUT2D eigenvalue weighted by Gasteiger charge is -2.06. The molecule has 0 aliphatic carbocycles. The van der Waals surface area contributed by atoms with Gasteiger partial charge in [-0.05, 0) is 13.3 Å². The Morgan fingerprint density at radius 1 is 1.73 bits per heavy atom. The van der Waals surface area contributed by atoms with E-state index in [1.165, 1.54) is 0 Å². The number of nitrogens with one attached hydrogen (secondary N) is 2. The first-order valence-electron chi connectivity index (χ1n) is 3.49. The van der Waals surface area contributed by atoms with Crippen molar-refractivity contribution in [2.45, 2.75) is 19.4 Å². The van der Waals surface area contributed by atoms with Crippen molar-refractivity contribution < 1.29 is 15.0 Å². The summed E-state index contributed by atoms with van der Waals surface area (Å²) in [4.78, 5) is 10.9. The van der Waals surface area contributed by atoms with Crippen LogP contribution in [0.25, 0.3) is 0 Å². The van der Waals surface area contributed by atoms with E-state index in [0.717, 1.165) is 13.0 Å². The van der Waals surface area contributed by atoms with E-state index >= 15 is 0 Å². The van der Waals surface area contributed by atoms with Gasteiger partial charge in [-0.1, -0.05) is 0 Å². The zero-order chi connectivity index (χ0) is 7.40. The molecule has 5 nitrogen and oxygen atoms in total. The fourth-order valence-corrected chi connectivity index (χ4v) is 0.904. The lowest BCUT2D eigenvalue weighted by Crippen LogP contribution is -2.37. The van der Waals surface area contributed by atoms with Crippen molar-refractivity contribution in [2.75, 3.05) is 13.2 Å². The number of hydrazine groups is 1. The maximum absolute atomic E-state index is 10.9. The Bertz CT molecular complexity index is 123. The van der Waals surface area contributed by atoms with Crippen LogP contribution in [-0.4, -0.2) is 25.2 Å². The van der Waals surface area contributed by atoms with Crippen LogP contribution in [0.1, 0.15) is 13.3 Å². The summed E-state index contributed by atoms with van der Waals surface area (Å²) in [6.45, 7) is 3.10. The van der Waals surface area contributed by atoms with Crippen LogP contribution in [0, 0.1) is 0 Å². The van der Waals surface area contributed by atoms with Crippen LogP contribution in [0.4, 0.5) is 0 Å². The summed E-state index contributed by atoms with van der Waals surface area (Å²) in [5, 5.41) is 0. The Kier molecular flexibility index (Phi) is 4.76. The third-order valence-electron chi connectivity index (χ3n) is 1.41. The lowest BCUT2D eigenvalue weighted by molar-refractivity contribution is -0.145. The normalized spacial score (nSPS) is 22.5. The average Bonchev–Trinajstić information content (AvgIpc) is 2.38. The first-order chi connectivity index (χ1) is 4.84. The van der Waals surface area contributed by atoms with E-state index in [1.807, 2.05) is 0 Å². The van der Waals surface area contributed by atoms with Gasteiger partial charge in [-0.25, -0.2) is 5.43 Å². The maximum Gasteiger partial charge on any atom is 0.324 e. The van der Waals surface area contributed by atoms with Crippen molar-refractivity contribution in [3.63, 3.8) is 0 Å². The van der Waals surface area contributed by atoms with Crippen molar-refractivity contribution in [2.24, 2.45) is 0 Å². The number of ether oxygens (including phenoxy) is 1. The van der Waals surface area contributed by atoms with Crippen LogP contribution in [0.2, 0.25) is 0 Å². The molecule has 5 heteroatoms. The van der Waals surface area contributed by atoms with Crippen LogP contribution in [0.5, 0.6) is 0 Å². The predicted octanol–water partition coefficient (Wildman–Crippen LogP) is -0.703. The van der Waals surface area contributed by atoms with E-state index in [2.05, 4.69) is 10.9 Å². The molecule has 1 aliphatic heterocycles. The van der Waals surface area contributed by atoms with Gasteiger partial charge in [0.1, 0.15) is 6.04 Å². The fraction of sp³-hybridized carbons (Fsp3) is 0.833. The van der Waals surface area contributed by atoms with E-state index in [-0.39, 0.29) is 17.5 Å². The molecule has 1 heterocycles. The lowest BCUT2D eigenvalue weighted by atomic mass is 10.2. The highest BCUT2D eigenvalue weighted by Crippen LogP contribution is 1.97. The van der Waals surface area contributed by atoms with Crippen molar-refractivity contribution in [3.05, 3.63) is 0 Å². The first kappa shape index (κ1) is 10.3. The molecule has 0 spiro atoms. The molecule has 64 valence electrons. The summed E-state index contributed by atoms with van der Waals surface area (Å²) in [7, 11) is 0. The molecular formula is C6H12N2O3. The Balaban J connectivity index is 0.000001000. The highest BCUT2D eigenvalue weighted by molar-refractivity contribution is 5.75. The Morgan fingerprint density at radius 2 is 2.45 bits per heavy atom.